The zero-order valence-corrected chi connectivity index (χ0v) is 14.5. The average Bonchev–Trinajstić information content (AvgIpc) is 2.35. The van der Waals surface area contributed by atoms with E-state index in [4.69, 9.17) is 4.74 Å². The maximum Gasteiger partial charge on any atom is 0.408 e. The molecule has 3 nitrogen and oxygen atoms in total. The van der Waals surface area contributed by atoms with Crippen molar-refractivity contribution in [2.75, 3.05) is 0 Å². The molecule has 0 radical (unpaired) electrons. The number of alkyl carbamates (subject to hydrolysis) is 1. The van der Waals surface area contributed by atoms with Gasteiger partial charge in [-0.3, -0.25) is 0 Å². The van der Waals surface area contributed by atoms with E-state index in [1.54, 1.807) is 0 Å². The van der Waals surface area contributed by atoms with Gasteiger partial charge in [-0.2, -0.15) is 0 Å². The van der Waals surface area contributed by atoms with E-state index in [0.717, 1.165) is 22.9 Å². The molecule has 0 aromatic heterocycles. The molecule has 0 aliphatic heterocycles. The molecular formula is C16H24BrNO2. The van der Waals surface area contributed by atoms with Crippen molar-refractivity contribution in [2.24, 2.45) is 0 Å². The van der Waals surface area contributed by atoms with Crippen LogP contribution in [0.3, 0.4) is 0 Å². The fraction of sp³-hybridized carbons (Fsp3) is 0.562. The molecule has 0 saturated carbocycles. The van der Waals surface area contributed by atoms with Gasteiger partial charge in [0.05, 0.1) is 5.54 Å². The highest BCUT2D eigenvalue weighted by molar-refractivity contribution is 9.10. The van der Waals surface area contributed by atoms with Gasteiger partial charge in [-0.15, -0.1) is 0 Å². The second-order valence-electron chi connectivity index (χ2n) is 5.92. The van der Waals surface area contributed by atoms with Gasteiger partial charge in [0.2, 0.25) is 0 Å². The molecule has 0 aliphatic carbocycles. The van der Waals surface area contributed by atoms with E-state index in [9.17, 15) is 4.79 Å². The summed E-state index contributed by atoms with van der Waals surface area (Å²) in [6.07, 6.45) is 1.25. The minimum atomic E-state index is -0.489. The molecule has 1 amide bonds. The van der Waals surface area contributed by atoms with Crippen LogP contribution >= 0.6 is 15.9 Å². The first-order chi connectivity index (χ1) is 9.22. The Labute approximate surface area is 130 Å². The first-order valence-corrected chi connectivity index (χ1v) is 7.79. The second-order valence-corrected chi connectivity index (χ2v) is 6.84. The molecule has 0 heterocycles. The maximum absolute atomic E-state index is 12.1. The van der Waals surface area contributed by atoms with Gasteiger partial charge >= 0.3 is 6.09 Å². The van der Waals surface area contributed by atoms with Crippen LogP contribution in [0.2, 0.25) is 0 Å². The third kappa shape index (κ3) is 4.51. The van der Waals surface area contributed by atoms with Crippen LogP contribution in [0.15, 0.2) is 28.7 Å². The van der Waals surface area contributed by atoms with Gasteiger partial charge in [0.1, 0.15) is 5.60 Å². The molecule has 1 aromatic carbocycles. The van der Waals surface area contributed by atoms with E-state index in [-0.39, 0.29) is 11.6 Å². The van der Waals surface area contributed by atoms with Crippen molar-refractivity contribution in [3.05, 3.63) is 34.3 Å². The van der Waals surface area contributed by atoms with Crippen molar-refractivity contribution in [1.29, 1.82) is 0 Å². The Morgan fingerprint density at radius 2 is 1.65 bits per heavy atom. The van der Waals surface area contributed by atoms with Gasteiger partial charge < -0.3 is 10.1 Å². The third-order valence-corrected chi connectivity index (χ3v) is 3.87. The zero-order chi connectivity index (χ0) is 15.4. The SMILES string of the molecule is CCC(CC)(NC(=O)OC(C)(C)C)c1ccc(Br)cc1. The standard InChI is InChI=1S/C16H24BrNO2/c1-6-16(7-2,12-8-10-13(17)11-9-12)18-14(19)20-15(3,4)5/h8-11H,6-7H2,1-5H3,(H,18,19). The number of amides is 1. The van der Waals surface area contributed by atoms with Crippen molar-refractivity contribution in [3.8, 4) is 0 Å². The van der Waals surface area contributed by atoms with E-state index in [1.807, 2.05) is 45.0 Å². The third-order valence-electron chi connectivity index (χ3n) is 3.34. The highest BCUT2D eigenvalue weighted by Crippen LogP contribution is 2.30. The summed E-state index contributed by atoms with van der Waals surface area (Å²) in [5.74, 6) is 0. The molecule has 20 heavy (non-hydrogen) atoms. The minimum Gasteiger partial charge on any atom is -0.444 e. The zero-order valence-electron chi connectivity index (χ0n) is 12.9. The predicted octanol–water partition coefficient (Wildman–Crippen LogP) is 4.99. The number of nitrogens with one attached hydrogen (secondary N) is 1. The number of hydrogen-bond donors (Lipinski definition) is 1. The lowest BCUT2D eigenvalue weighted by molar-refractivity contribution is 0.0443. The van der Waals surface area contributed by atoms with Crippen LogP contribution in [-0.2, 0) is 10.3 Å². The molecule has 0 aliphatic rings. The van der Waals surface area contributed by atoms with Crippen LogP contribution in [0, 0.1) is 0 Å². The summed E-state index contributed by atoms with van der Waals surface area (Å²) >= 11 is 3.43. The summed E-state index contributed by atoms with van der Waals surface area (Å²) < 4.78 is 6.41. The Hall–Kier alpha value is -1.03. The molecule has 0 atom stereocenters. The quantitative estimate of drug-likeness (QED) is 0.837. The number of carbonyl (C=O) groups is 1. The molecule has 0 saturated heterocycles. The molecule has 1 N–H and O–H groups in total. The van der Waals surface area contributed by atoms with Crippen molar-refractivity contribution >= 4 is 22.0 Å². The number of ether oxygens (including phenoxy) is 1. The molecule has 1 rings (SSSR count). The number of rotatable bonds is 4. The molecular weight excluding hydrogens is 318 g/mol. The lowest BCUT2D eigenvalue weighted by atomic mass is 9.85. The molecule has 4 heteroatoms. The largest absolute Gasteiger partial charge is 0.444 e. The second kappa shape index (κ2) is 6.61. The summed E-state index contributed by atoms with van der Waals surface area (Å²) in [7, 11) is 0. The highest BCUT2D eigenvalue weighted by Gasteiger charge is 2.32. The van der Waals surface area contributed by atoms with Gasteiger partial charge in [0.25, 0.3) is 0 Å². The first-order valence-electron chi connectivity index (χ1n) is 6.99. The van der Waals surface area contributed by atoms with Crippen LogP contribution in [0.25, 0.3) is 0 Å². The predicted molar refractivity (Wildman–Crippen MR) is 85.8 cm³/mol. The number of hydrogen-bond acceptors (Lipinski definition) is 2. The van der Waals surface area contributed by atoms with Crippen LogP contribution in [0.5, 0.6) is 0 Å². The monoisotopic (exact) mass is 341 g/mol. The van der Waals surface area contributed by atoms with Gasteiger partial charge in [-0.05, 0) is 51.3 Å². The Balaban J connectivity index is 2.97. The van der Waals surface area contributed by atoms with Crippen LogP contribution in [0.4, 0.5) is 4.79 Å². The van der Waals surface area contributed by atoms with Crippen molar-refractivity contribution in [1.82, 2.24) is 5.32 Å². The number of carbonyl (C=O) groups excluding carboxylic acids is 1. The minimum absolute atomic E-state index is 0.371. The average molecular weight is 342 g/mol. The van der Waals surface area contributed by atoms with Gasteiger partial charge in [0.15, 0.2) is 0 Å². The molecule has 1 aromatic rings. The fourth-order valence-corrected chi connectivity index (χ4v) is 2.44. The lowest BCUT2D eigenvalue weighted by Gasteiger charge is -2.34. The maximum atomic E-state index is 12.1. The normalized spacial score (nSPS) is 12.1. The number of halogens is 1. The highest BCUT2D eigenvalue weighted by atomic mass is 79.9. The smallest absolute Gasteiger partial charge is 0.408 e. The van der Waals surface area contributed by atoms with E-state index in [1.165, 1.54) is 0 Å². The molecule has 0 bridgehead atoms. The van der Waals surface area contributed by atoms with E-state index in [0.29, 0.717) is 0 Å². The van der Waals surface area contributed by atoms with E-state index in [2.05, 4.69) is 35.1 Å². The fourth-order valence-electron chi connectivity index (χ4n) is 2.18. The van der Waals surface area contributed by atoms with Crippen LogP contribution in [-0.4, -0.2) is 11.7 Å². The van der Waals surface area contributed by atoms with Gasteiger partial charge in [-0.1, -0.05) is 41.9 Å². The van der Waals surface area contributed by atoms with Crippen LogP contribution < -0.4 is 5.32 Å². The van der Waals surface area contributed by atoms with Gasteiger partial charge in [0, 0.05) is 4.47 Å². The van der Waals surface area contributed by atoms with Crippen molar-refractivity contribution in [3.63, 3.8) is 0 Å². The van der Waals surface area contributed by atoms with E-state index < -0.39 is 5.60 Å². The Kier molecular flexibility index (Phi) is 5.63. The Morgan fingerprint density at radius 3 is 2.05 bits per heavy atom. The molecule has 0 unspecified atom stereocenters. The van der Waals surface area contributed by atoms with E-state index >= 15 is 0 Å². The Morgan fingerprint density at radius 1 is 1.15 bits per heavy atom. The first kappa shape index (κ1) is 17.0. The lowest BCUT2D eigenvalue weighted by Crippen LogP contribution is -2.47. The molecule has 0 spiro atoms. The summed E-state index contributed by atoms with van der Waals surface area (Å²) in [6.45, 7) is 9.75. The van der Waals surface area contributed by atoms with Crippen LogP contribution in [0.1, 0.15) is 53.0 Å². The summed E-state index contributed by atoms with van der Waals surface area (Å²) in [5.41, 5.74) is 0.219. The summed E-state index contributed by atoms with van der Waals surface area (Å²) in [4.78, 5) is 12.1. The van der Waals surface area contributed by atoms with Crippen molar-refractivity contribution < 1.29 is 9.53 Å². The summed E-state index contributed by atoms with van der Waals surface area (Å²) in [6, 6.07) is 8.06. The number of benzene rings is 1. The molecule has 112 valence electrons. The summed E-state index contributed by atoms with van der Waals surface area (Å²) in [5, 5.41) is 3.05. The molecule has 0 fully saturated rings. The van der Waals surface area contributed by atoms with Crippen molar-refractivity contribution in [2.45, 2.75) is 58.6 Å². The topological polar surface area (TPSA) is 38.3 Å². The van der Waals surface area contributed by atoms with Gasteiger partial charge in [-0.25, -0.2) is 4.79 Å². The Bertz CT molecular complexity index is 445.